The van der Waals surface area contributed by atoms with Crippen LogP contribution < -0.4 is 4.72 Å². The maximum atomic E-state index is 12.5. The van der Waals surface area contributed by atoms with Crippen molar-refractivity contribution in [1.82, 2.24) is 14.1 Å². The fraction of sp³-hybridized carbons (Fsp3) is 0.235. The van der Waals surface area contributed by atoms with Gasteiger partial charge in [-0.1, -0.05) is 17.7 Å². The number of rotatable bonds is 4. The van der Waals surface area contributed by atoms with Gasteiger partial charge in [0.2, 0.25) is 10.0 Å². The molecule has 0 fully saturated rings. The molecule has 4 rings (SSSR count). The van der Waals surface area contributed by atoms with Crippen LogP contribution in [0.15, 0.2) is 47.6 Å². The molecule has 7 heteroatoms. The fourth-order valence-corrected chi connectivity index (χ4v) is 4.29. The lowest BCUT2D eigenvalue weighted by Gasteiger charge is -2.07. The molecule has 1 aliphatic rings. The number of nitrogens with zero attached hydrogens (tertiary/aromatic N) is 2. The number of pyridine rings is 1. The number of fused-ring (bicyclic) bond motifs is 2. The van der Waals surface area contributed by atoms with Gasteiger partial charge in [0.25, 0.3) is 0 Å². The Labute approximate surface area is 145 Å². The van der Waals surface area contributed by atoms with Crippen molar-refractivity contribution in [3.63, 3.8) is 0 Å². The first-order valence-corrected chi connectivity index (χ1v) is 9.62. The van der Waals surface area contributed by atoms with Crippen molar-refractivity contribution in [3.05, 3.63) is 64.6 Å². The highest BCUT2D eigenvalue weighted by atomic mass is 35.5. The van der Waals surface area contributed by atoms with Crippen LogP contribution in [0.25, 0.3) is 5.65 Å². The Bertz CT molecular complexity index is 1030. The predicted octanol–water partition coefficient (Wildman–Crippen LogP) is 2.95. The van der Waals surface area contributed by atoms with Gasteiger partial charge in [-0.2, -0.15) is 0 Å². The molecular formula is C17H16ClN3O2S. The smallest absolute Gasteiger partial charge is 0.240 e. The van der Waals surface area contributed by atoms with E-state index in [1.54, 1.807) is 41.1 Å². The van der Waals surface area contributed by atoms with E-state index in [1.807, 2.05) is 6.07 Å². The molecule has 1 N–H and O–H groups in total. The van der Waals surface area contributed by atoms with E-state index in [-0.39, 0.29) is 6.54 Å². The van der Waals surface area contributed by atoms with Crippen molar-refractivity contribution in [2.75, 3.05) is 0 Å². The molecular weight excluding hydrogens is 346 g/mol. The highest BCUT2D eigenvalue weighted by molar-refractivity contribution is 7.89. The lowest BCUT2D eigenvalue weighted by Crippen LogP contribution is -2.23. The fourth-order valence-electron chi connectivity index (χ4n) is 3.07. The monoisotopic (exact) mass is 361 g/mol. The molecule has 0 saturated heterocycles. The first kappa shape index (κ1) is 15.6. The molecule has 0 radical (unpaired) electrons. The summed E-state index contributed by atoms with van der Waals surface area (Å²) in [6.45, 7) is 0.138. The Morgan fingerprint density at radius 2 is 1.96 bits per heavy atom. The molecule has 1 aliphatic carbocycles. The van der Waals surface area contributed by atoms with Gasteiger partial charge in [-0.15, -0.1) is 0 Å². The number of sulfonamides is 1. The third-order valence-corrected chi connectivity index (χ3v) is 5.91. The van der Waals surface area contributed by atoms with Crippen LogP contribution in [0.5, 0.6) is 0 Å². The number of benzene rings is 1. The number of imidazole rings is 1. The van der Waals surface area contributed by atoms with E-state index in [2.05, 4.69) is 9.71 Å². The van der Waals surface area contributed by atoms with Crippen molar-refractivity contribution in [2.24, 2.45) is 0 Å². The van der Waals surface area contributed by atoms with Gasteiger partial charge < -0.3 is 4.40 Å². The number of hydrogen-bond acceptors (Lipinski definition) is 3. The molecule has 2 heterocycles. The summed E-state index contributed by atoms with van der Waals surface area (Å²) < 4.78 is 29.4. The molecule has 0 saturated carbocycles. The molecule has 1 aromatic carbocycles. The second-order valence-corrected chi connectivity index (χ2v) is 8.16. The lowest BCUT2D eigenvalue weighted by atomic mass is 10.1. The van der Waals surface area contributed by atoms with Crippen LogP contribution >= 0.6 is 11.6 Å². The van der Waals surface area contributed by atoms with E-state index in [1.165, 1.54) is 5.56 Å². The Morgan fingerprint density at radius 3 is 2.83 bits per heavy atom. The lowest BCUT2D eigenvalue weighted by molar-refractivity contribution is 0.580. The first-order chi connectivity index (χ1) is 11.5. The molecule has 0 amide bonds. The Balaban J connectivity index is 1.55. The minimum atomic E-state index is -3.55. The first-order valence-electron chi connectivity index (χ1n) is 7.76. The predicted molar refractivity (Wildman–Crippen MR) is 92.7 cm³/mol. The van der Waals surface area contributed by atoms with Crippen molar-refractivity contribution in [2.45, 2.75) is 30.7 Å². The van der Waals surface area contributed by atoms with Gasteiger partial charge in [0.1, 0.15) is 5.65 Å². The van der Waals surface area contributed by atoms with Crippen LogP contribution in [0.3, 0.4) is 0 Å². The van der Waals surface area contributed by atoms with Crippen LogP contribution in [0.2, 0.25) is 5.02 Å². The number of aromatic nitrogens is 2. The number of aryl methyl sites for hydroxylation is 2. The molecule has 2 aromatic heterocycles. The Hall–Kier alpha value is -1.89. The van der Waals surface area contributed by atoms with Crippen LogP contribution in [0.1, 0.15) is 23.2 Å². The van der Waals surface area contributed by atoms with Crippen LogP contribution in [-0.4, -0.2) is 17.8 Å². The molecule has 5 nitrogen and oxygen atoms in total. The van der Waals surface area contributed by atoms with E-state index in [4.69, 9.17) is 11.6 Å². The summed E-state index contributed by atoms with van der Waals surface area (Å²) in [6.07, 6.45) is 6.59. The maximum Gasteiger partial charge on any atom is 0.240 e. The van der Waals surface area contributed by atoms with E-state index in [9.17, 15) is 8.42 Å². The topological polar surface area (TPSA) is 63.5 Å². The zero-order chi connectivity index (χ0) is 16.7. The summed E-state index contributed by atoms with van der Waals surface area (Å²) in [4.78, 5) is 4.70. The van der Waals surface area contributed by atoms with Gasteiger partial charge in [-0.25, -0.2) is 18.1 Å². The average molecular weight is 362 g/mol. The number of nitrogens with one attached hydrogen (secondary N) is 1. The average Bonchev–Trinajstić information content (AvgIpc) is 3.18. The summed E-state index contributed by atoms with van der Waals surface area (Å²) in [5, 5.41) is 0.602. The van der Waals surface area contributed by atoms with Crippen LogP contribution in [0, 0.1) is 0 Å². The van der Waals surface area contributed by atoms with Crippen molar-refractivity contribution in [3.8, 4) is 0 Å². The van der Waals surface area contributed by atoms with E-state index in [0.717, 1.165) is 30.5 Å². The molecule has 0 unspecified atom stereocenters. The minimum absolute atomic E-state index is 0.138. The Morgan fingerprint density at radius 1 is 1.12 bits per heavy atom. The van der Waals surface area contributed by atoms with Crippen LogP contribution in [0.4, 0.5) is 0 Å². The molecule has 0 aliphatic heterocycles. The van der Waals surface area contributed by atoms with Gasteiger partial charge in [-0.3, -0.25) is 0 Å². The highest BCUT2D eigenvalue weighted by Gasteiger charge is 2.18. The largest absolute Gasteiger partial charge is 0.305 e. The zero-order valence-corrected chi connectivity index (χ0v) is 14.4. The summed E-state index contributed by atoms with van der Waals surface area (Å²) in [5.74, 6) is 0. The third-order valence-electron chi connectivity index (χ3n) is 4.29. The molecule has 3 aromatic rings. The normalized spacial score (nSPS) is 14.2. The van der Waals surface area contributed by atoms with Crippen molar-refractivity contribution >= 4 is 27.3 Å². The molecule has 0 spiro atoms. The van der Waals surface area contributed by atoms with Crippen LogP contribution in [-0.2, 0) is 29.4 Å². The van der Waals surface area contributed by atoms with Crippen molar-refractivity contribution < 1.29 is 8.42 Å². The second kappa shape index (κ2) is 5.88. The maximum absolute atomic E-state index is 12.5. The molecule has 124 valence electrons. The zero-order valence-electron chi connectivity index (χ0n) is 12.9. The number of halogens is 1. The highest BCUT2D eigenvalue weighted by Crippen LogP contribution is 2.24. The summed E-state index contributed by atoms with van der Waals surface area (Å²) >= 11 is 5.94. The van der Waals surface area contributed by atoms with Gasteiger partial charge in [-0.05, 0) is 54.7 Å². The van der Waals surface area contributed by atoms with E-state index in [0.29, 0.717) is 15.6 Å². The van der Waals surface area contributed by atoms with E-state index >= 15 is 0 Å². The summed E-state index contributed by atoms with van der Waals surface area (Å²) in [5.41, 5.74) is 3.76. The third kappa shape index (κ3) is 2.92. The molecule has 24 heavy (non-hydrogen) atoms. The summed E-state index contributed by atoms with van der Waals surface area (Å²) in [7, 11) is -3.55. The van der Waals surface area contributed by atoms with Crippen molar-refractivity contribution in [1.29, 1.82) is 0 Å². The van der Waals surface area contributed by atoms with Gasteiger partial charge >= 0.3 is 0 Å². The van der Waals surface area contributed by atoms with E-state index < -0.39 is 10.0 Å². The van der Waals surface area contributed by atoms with Gasteiger partial charge in [0.15, 0.2) is 0 Å². The number of hydrogen-bond donors (Lipinski definition) is 1. The summed E-state index contributed by atoms with van der Waals surface area (Å²) in [6, 6.07) is 8.93. The molecule has 0 atom stereocenters. The quantitative estimate of drug-likeness (QED) is 0.777. The SMILES string of the molecule is O=S(=O)(NCc1cn2cc(Cl)ccc2n1)c1ccc2c(c1)CCC2. The molecule has 0 bridgehead atoms. The second-order valence-electron chi connectivity index (χ2n) is 5.95. The van der Waals surface area contributed by atoms with Gasteiger partial charge in [0, 0.05) is 12.4 Å². The van der Waals surface area contributed by atoms with Gasteiger partial charge in [0.05, 0.1) is 22.2 Å². The minimum Gasteiger partial charge on any atom is -0.305 e. The standard InChI is InChI=1S/C17H16ClN3O2S/c18-14-5-7-17-20-15(11-21(17)10-14)9-19-24(22,23)16-6-4-12-2-1-3-13(12)8-16/h4-8,10-11,19H,1-3,9H2. The Kier molecular flexibility index (Phi) is 3.83.